The quantitative estimate of drug-likeness (QED) is 0.0282. The zero-order chi connectivity index (χ0) is 69.7. The van der Waals surface area contributed by atoms with Crippen molar-refractivity contribution in [2.45, 2.75) is 197 Å². The van der Waals surface area contributed by atoms with Crippen molar-refractivity contribution >= 4 is 92.2 Å². The molecule has 6 heteroatoms. The molecule has 0 bridgehead atoms. The van der Waals surface area contributed by atoms with Gasteiger partial charge in [0.25, 0.3) is 0 Å². The molecule has 0 radical (unpaired) electrons. The van der Waals surface area contributed by atoms with Gasteiger partial charge < -0.3 is 28.1 Å². The molecule has 0 saturated carbocycles. The number of hydrogen-bond donors (Lipinski definition) is 0. The summed E-state index contributed by atoms with van der Waals surface area (Å²) in [6.45, 7) is 23.2. The molecule has 0 spiro atoms. The van der Waals surface area contributed by atoms with Crippen molar-refractivity contribution in [2.24, 2.45) is 23.7 Å². The summed E-state index contributed by atoms with van der Waals surface area (Å²) in [6.07, 6.45) is 41.9. The predicted molar refractivity (Wildman–Crippen MR) is 434 cm³/mol. The molecular weight excluding hydrogens is 1220 g/mol. The molecule has 4 atom stereocenters. The van der Waals surface area contributed by atoms with Gasteiger partial charge in [-0.05, 0) is 204 Å². The third-order valence-electron chi connectivity index (χ3n) is 20.8. The summed E-state index contributed by atoms with van der Waals surface area (Å²) in [7, 11) is 0. The number of rotatable bonds is 43. The van der Waals surface area contributed by atoms with Crippen molar-refractivity contribution in [3.63, 3.8) is 0 Å². The van der Waals surface area contributed by atoms with Gasteiger partial charge in [-0.2, -0.15) is 0 Å². The molecule has 526 valence electrons. The number of fused-ring (bicyclic) bond motifs is 6. The van der Waals surface area contributed by atoms with Gasteiger partial charge in [0.15, 0.2) is 0 Å². The molecule has 0 aliphatic carbocycles. The number of hydrogen-bond acceptors (Lipinski definition) is 4. The van der Waals surface area contributed by atoms with Gasteiger partial charge in [0.1, 0.15) is 23.0 Å². The van der Waals surface area contributed by atoms with Crippen molar-refractivity contribution in [3.8, 4) is 23.0 Å². The van der Waals surface area contributed by atoms with E-state index in [2.05, 4.69) is 283 Å². The van der Waals surface area contributed by atoms with E-state index in [0.717, 1.165) is 136 Å². The summed E-state index contributed by atoms with van der Waals surface area (Å²) < 4.78 is 30.2. The van der Waals surface area contributed by atoms with E-state index >= 15 is 0 Å². The lowest BCUT2D eigenvalue weighted by molar-refractivity contribution is 0.233. The number of aryl methyl sites for hydroxylation is 2. The van der Waals surface area contributed by atoms with Crippen LogP contribution in [-0.2, 0) is 13.1 Å². The molecule has 10 aromatic rings. The Balaban J connectivity index is 0.848. The summed E-state index contributed by atoms with van der Waals surface area (Å²) in [5.74, 6) is 6.19. The third kappa shape index (κ3) is 21.5. The molecule has 0 amide bonds. The normalized spacial score (nSPS) is 13.3. The molecular formula is C94H116N2O4. The average Bonchev–Trinajstić information content (AvgIpc) is 1.61. The Labute approximate surface area is 601 Å². The lowest BCUT2D eigenvalue weighted by atomic mass is 10.0. The molecule has 4 unspecified atom stereocenters. The molecule has 10 rings (SSSR count). The van der Waals surface area contributed by atoms with Crippen LogP contribution in [0.1, 0.15) is 228 Å². The van der Waals surface area contributed by atoms with Gasteiger partial charge >= 0.3 is 0 Å². The van der Waals surface area contributed by atoms with E-state index in [4.69, 9.17) is 18.9 Å². The van der Waals surface area contributed by atoms with Crippen molar-refractivity contribution in [1.82, 2.24) is 9.13 Å². The second-order valence-corrected chi connectivity index (χ2v) is 28.3. The van der Waals surface area contributed by atoms with Gasteiger partial charge in [0, 0.05) is 56.7 Å². The summed E-state index contributed by atoms with van der Waals surface area (Å²) in [4.78, 5) is 0. The van der Waals surface area contributed by atoms with Gasteiger partial charge in [0.05, 0.1) is 26.4 Å². The number of ether oxygens (including phenoxy) is 4. The third-order valence-corrected chi connectivity index (χ3v) is 20.8. The summed E-state index contributed by atoms with van der Waals surface area (Å²) in [5.41, 5.74) is 14.5. The molecule has 100 heavy (non-hydrogen) atoms. The molecule has 0 saturated heterocycles. The van der Waals surface area contributed by atoms with Gasteiger partial charge in [-0.15, -0.1) is 0 Å². The lowest BCUT2D eigenvalue weighted by Crippen LogP contribution is -2.11. The monoisotopic (exact) mass is 1340 g/mol. The van der Waals surface area contributed by atoms with Crippen LogP contribution in [-0.4, -0.2) is 35.6 Å². The van der Waals surface area contributed by atoms with E-state index in [-0.39, 0.29) is 0 Å². The molecule has 0 aliphatic rings. The van der Waals surface area contributed by atoms with E-state index in [1.807, 2.05) is 0 Å². The largest absolute Gasteiger partial charge is 0.493 e. The first-order chi connectivity index (χ1) is 49.2. The van der Waals surface area contributed by atoms with Crippen molar-refractivity contribution in [2.75, 3.05) is 26.4 Å². The van der Waals surface area contributed by atoms with E-state index in [1.165, 1.54) is 143 Å². The Hall–Kier alpha value is -8.48. The maximum atomic E-state index is 6.27. The van der Waals surface area contributed by atoms with Crippen LogP contribution in [0.2, 0.25) is 0 Å². The maximum absolute atomic E-state index is 6.27. The molecule has 0 fully saturated rings. The molecule has 6 nitrogen and oxygen atoms in total. The Morgan fingerprint density at radius 3 is 0.670 bits per heavy atom. The number of benzene rings is 8. The highest BCUT2D eigenvalue weighted by atomic mass is 16.5. The highest BCUT2D eigenvalue weighted by Crippen LogP contribution is 2.36. The van der Waals surface area contributed by atoms with E-state index in [1.54, 1.807) is 0 Å². The predicted octanol–water partition coefficient (Wildman–Crippen LogP) is 27.2. The summed E-state index contributed by atoms with van der Waals surface area (Å²) in [5, 5.41) is 5.15. The van der Waals surface area contributed by atoms with Gasteiger partial charge in [-0.25, -0.2) is 0 Å². The highest BCUT2D eigenvalue weighted by molar-refractivity contribution is 6.11. The minimum absolute atomic E-state index is 0.604. The first-order valence-corrected chi connectivity index (χ1v) is 38.9. The van der Waals surface area contributed by atoms with Crippen molar-refractivity contribution in [3.05, 3.63) is 214 Å². The standard InChI is InChI=1S/C94H116N2O4/c1-9-17-25-71(13-5)67-97-83-49-37-75(38-50-83)29-33-79-45-57-91-87(63-79)88-64-80(34-30-76-39-51-84(52-40-76)98-68-72(14-6)26-18-10-2)46-58-92(88)95(91)61-23-21-22-24-62-96-93-59-47-81(35-31-77-41-53-85(54-42-77)99-69-73(15-7)27-19-11-3)65-89(93)90-66-82(48-60-94(90)96)36-32-78-43-55-86(56-44-78)100-70-74(16-8)28-20-12-4/h29-60,63-66,71-74H,9-28,61-62,67-70H2,1-8H3/b33-29+,34-30+,35-31+,36-32+. The molecule has 0 N–H and O–H groups in total. The maximum Gasteiger partial charge on any atom is 0.119 e. The van der Waals surface area contributed by atoms with Crippen LogP contribution in [0.25, 0.3) is 92.2 Å². The first kappa shape index (κ1) is 74.2. The number of unbranched alkanes of at least 4 members (excludes halogenated alkanes) is 7. The Morgan fingerprint density at radius 1 is 0.250 bits per heavy atom. The summed E-state index contributed by atoms with van der Waals surface area (Å²) in [6, 6.07) is 62.5. The molecule has 2 aromatic heterocycles. The molecule has 0 aliphatic heterocycles. The second kappa shape index (κ2) is 39.5. The van der Waals surface area contributed by atoms with E-state index in [0.29, 0.717) is 23.7 Å². The fourth-order valence-corrected chi connectivity index (χ4v) is 14.0. The Bertz CT molecular complexity index is 3660. The molecule has 2 heterocycles. The van der Waals surface area contributed by atoms with E-state index < -0.39 is 0 Å². The van der Waals surface area contributed by atoms with Gasteiger partial charge in [-0.3, -0.25) is 0 Å². The fourth-order valence-electron chi connectivity index (χ4n) is 14.0. The zero-order valence-electron chi connectivity index (χ0n) is 62.0. The van der Waals surface area contributed by atoms with E-state index in [9.17, 15) is 0 Å². The zero-order valence-corrected chi connectivity index (χ0v) is 62.0. The lowest BCUT2D eigenvalue weighted by Gasteiger charge is -2.15. The Kier molecular flexibility index (Phi) is 29.3. The minimum atomic E-state index is 0.604. The second-order valence-electron chi connectivity index (χ2n) is 28.3. The minimum Gasteiger partial charge on any atom is -0.493 e. The van der Waals surface area contributed by atoms with Crippen molar-refractivity contribution in [1.29, 1.82) is 0 Å². The number of nitrogens with zero attached hydrogens (tertiary/aromatic N) is 2. The van der Waals surface area contributed by atoms with Gasteiger partial charge in [-0.1, -0.05) is 267 Å². The fraction of sp³-hybridized carbons (Fsp3) is 0.404. The topological polar surface area (TPSA) is 46.8 Å². The van der Waals surface area contributed by atoms with Crippen LogP contribution in [0.3, 0.4) is 0 Å². The average molecular weight is 1340 g/mol. The molecule has 8 aromatic carbocycles. The SMILES string of the molecule is CCCCC(CC)COc1ccc(/C=C/c2ccc3c(c2)c2cc(/C=C/c4ccc(OCC(CC)CCCC)cc4)ccc2n3CCCCCCn2c3ccc(/C=C/c4ccc(OCC(CC)CCCC)cc4)cc3c3cc(/C=C/c4ccc(OCC(CC)CCCC)cc4)ccc32)cc1. The van der Waals surface area contributed by atoms with Crippen molar-refractivity contribution < 1.29 is 18.9 Å². The number of aromatic nitrogens is 2. The van der Waals surface area contributed by atoms with Crippen LogP contribution in [0.5, 0.6) is 23.0 Å². The Morgan fingerprint density at radius 2 is 0.460 bits per heavy atom. The van der Waals surface area contributed by atoms with Gasteiger partial charge in [0.2, 0.25) is 0 Å². The van der Waals surface area contributed by atoms with Crippen LogP contribution < -0.4 is 18.9 Å². The summed E-state index contributed by atoms with van der Waals surface area (Å²) >= 11 is 0. The van der Waals surface area contributed by atoms with Crippen LogP contribution in [0, 0.1) is 23.7 Å². The van der Waals surface area contributed by atoms with Crippen LogP contribution >= 0.6 is 0 Å². The highest BCUT2D eigenvalue weighted by Gasteiger charge is 2.16. The smallest absolute Gasteiger partial charge is 0.119 e. The van der Waals surface area contributed by atoms with Crippen LogP contribution in [0.15, 0.2) is 170 Å². The first-order valence-electron chi connectivity index (χ1n) is 38.9. The van der Waals surface area contributed by atoms with Crippen LogP contribution in [0.4, 0.5) is 0 Å².